The number of primary amides is 2. The highest BCUT2D eigenvalue weighted by atomic mass is 16.1. The van der Waals surface area contributed by atoms with Gasteiger partial charge in [-0.05, 0) is 18.2 Å². The van der Waals surface area contributed by atoms with Crippen molar-refractivity contribution in [3.8, 4) is 0 Å². The van der Waals surface area contributed by atoms with Crippen LogP contribution in [-0.4, -0.2) is 11.8 Å². The van der Waals surface area contributed by atoms with E-state index in [1.54, 1.807) is 36.5 Å². The first kappa shape index (κ1) is 12.8. The van der Waals surface area contributed by atoms with Crippen LogP contribution in [0.25, 0.3) is 0 Å². The van der Waals surface area contributed by atoms with Crippen molar-refractivity contribution >= 4 is 11.8 Å². The van der Waals surface area contributed by atoms with E-state index in [-0.39, 0.29) is 0 Å². The molecule has 1 heterocycles. The second-order valence-corrected chi connectivity index (χ2v) is 4.19. The van der Waals surface area contributed by atoms with Crippen LogP contribution in [0.1, 0.15) is 26.3 Å². The normalized spacial score (nSPS) is 10.1. The van der Waals surface area contributed by atoms with E-state index in [1.165, 1.54) is 0 Å². The van der Waals surface area contributed by atoms with Crippen LogP contribution in [0.2, 0.25) is 0 Å². The average Bonchev–Trinajstić information content (AvgIpc) is 2.39. The van der Waals surface area contributed by atoms with Gasteiger partial charge in [0.2, 0.25) is 5.91 Å². The third kappa shape index (κ3) is 3.16. The van der Waals surface area contributed by atoms with E-state index in [1.807, 2.05) is 16.8 Å². The summed E-state index contributed by atoms with van der Waals surface area (Å²) in [6, 6.07) is 10.4. The number of hydrogen-bond acceptors (Lipinski definition) is 2. The van der Waals surface area contributed by atoms with E-state index in [4.69, 9.17) is 11.5 Å². The molecule has 19 heavy (non-hydrogen) atoms. The summed E-state index contributed by atoms with van der Waals surface area (Å²) < 4.78 is 1.82. The molecular formula is C14H14N3O2+. The predicted octanol–water partition coefficient (Wildman–Crippen LogP) is 0.220. The summed E-state index contributed by atoms with van der Waals surface area (Å²) in [6.07, 6.45) is 3.49. The van der Waals surface area contributed by atoms with Crippen molar-refractivity contribution in [1.82, 2.24) is 0 Å². The van der Waals surface area contributed by atoms with Crippen molar-refractivity contribution in [2.75, 3.05) is 0 Å². The Kier molecular flexibility index (Phi) is 3.56. The topological polar surface area (TPSA) is 90.1 Å². The van der Waals surface area contributed by atoms with Gasteiger partial charge in [-0.2, -0.15) is 4.57 Å². The van der Waals surface area contributed by atoms with E-state index in [0.29, 0.717) is 17.7 Å². The summed E-state index contributed by atoms with van der Waals surface area (Å²) in [5.41, 5.74) is 12.3. The minimum Gasteiger partial charge on any atom is -0.366 e. The van der Waals surface area contributed by atoms with Crippen LogP contribution < -0.4 is 16.0 Å². The van der Waals surface area contributed by atoms with Crippen LogP contribution in [0.15, 0.2) is 48.8 Å². The second-order valence-electron chi connectivity index (χ2n) is 4.19. The van der Waals surface area contributed by atoms with Crippen LogP contribution in [0, 0.1) is 0 Å². The fourth-order valence-electron chi connectivity index (χ4n) is 1.80. The van der Waals surface area contributed by atoms with Crippen molar-refractivity contribution in [2.24, 2.45) is 11.5 Å². The molecule has 0 fully saturated rings. The predicted molar refractivity (Wildman–Crippen MR) is 69.2 cm³/mol. The molecule has 0 aliphatic carbocycles. The number of nitrogens with two attached hydrogens (primary N) is 2. The number of pyridine rings is 1. The molecule has 0 atom stereocenters. The number of nitrogens with zero attached hydrogens (tertiary/aromatic N) is 1. The van der Waals surface area contributed by atoms with Gasteiger partial charge in [0.1, 0.15) is 5.56 Å². The number of carbonyl (C=O) groups is 2. The first-order valence-corrected chi connectivity index (χ1v) is 5.74. The molecule has 0 unspecified atom stereocenters. The third-order valence-corrected chi connectivity index (χ3v) is 2.72. The lowest BCUT2D eigenvalue weighted by Crippen LogP contribution is -2.35. The first-order valence-electron chi connectivity index (χ1n) is 5.74. The molecule has 2 aromatic rings. The van der Waals surface area contributed by atoms with Gasteiger partial charge in [-0.1, -0.05) is 12.1 Å². The number of benzene rings is 1. The SMILES string of the molecule is NC(=O)c1cccc(C[n+]2cccc(C(N)=O)c2)c1. The van der Waals surface area contributed by atoms with Gasteiger partial charge in [0.15, 0.2) is 18.9 Å². The lowest BCUT2D eigenvalue weighted by Gasteiger charge is -2.01. The molecule has 0 bridgehead atoms. The summed E-state index contributed by atoms with van der Waals surface area (Å²) in [5.74, 6) is -0.932. The molecule has 5 heteroatoms. The molecule has 0 saturated heterocycles. The summed E-state index contributed by atoms with van der Waals surface area (Å²) in [4.78, 5) is 22.2. The van der Waals surface area contributed by atoms with E-state index in [0.717, 1.165) is 5.56 Å². The monoisotopic (exact) mass is 256 g/mol. The average molecular weight is 256 g/mol. The van der Waals surface area contributed by atoms with Gasteiger partial charge < -0.3 is 11.5 Å². The molecule has 2 rings (SSSR count). The zero-order valence-corrected chi connectivity index (χ0v) is 10.2. The Morgan fingerprint density at radius 3 is 2.37 bits per heavy atom. The molecule has 96 valence electrons. The van der Waals surface area contributed by atoms with Crippen molar-refractivity contribution in [3.63, 3.8) is 0 Å². The molecule has 0 radical (unpaired) electrons. The standard InChI is InChI=1S/C14H13N3O2/c15-13(18)11-4-1-3-10(7-11)8-17-6-2-5-12(9-17)14(16)19/h1-7,9H,8H2,(H3-,15,16,18,19)/p+1. The molecule has 5 nitrogen and oxygen atoms in total. The van der Waals surface area contributed by atoms with Gasteiger partial charge in [-0.25, -0.2) is 0 Å². The smallest absolute Gasteiger partial charge is 0.254 e. The minimum atomic E-state index is -0.472. The molecule has 0 aliphatic rings. The fraction of sp³-hybridized carbons (Fsp3) is 0.0714. The Labute approximate surface area is 110 Å². The van der Waals surface area contributed by atoms with Crippen molar-refractivity contribution in [2.45, 2.75) is 6.54 Å². The molecule has 1 aromatic carbocycles. The highest BCUT2D eigenvalue weighted by Crippen LogP contribution is 2.04. The zero-order chi connectivity index (χ0) is 13.8. The van der Waals surface area contributed by atoms with E-state index in [2.05, 4.69) is 0 Å². The highest BCUT2D eigenvalue weighted by molar-refractivity contribution is 5.93. The van der Waals surface area contributed by atoms with Crippen LogP contribution in [0.5, 0.6) is 0 Å². The van der Waals surface area contributed by atoms with Crippen LogP contribution in [-0.2, 0) is 6.54 Å². The highest BCUT2D eigenvalue weighted by Gasteiger charge is 2.09. The van der Waals surface area contributed by atoms with Gasteiger partial charge in [-0.15, -0.1) is 0 Å². The Balaban J connectivity index is 2.26. The maximum Gasteiger partial charge on any atom is 0.254 e. The first-order chi connectivity index (χ1) is 9.06. The molecular weight excluding hydrogens is 242 g/mol. The number of rotatable bonds is 4. The van der Waals surface area contributed by atoms with Crippen molar-refractivity contribution in [1.29, 1.82) is 0 Å². The Bertz CT molecular complexity index is 583. The Hall–Kier alpha value is -2.69. The van der Waals surface area contributed by atoms with Gasteiger partial charge in [0.05, 0.1) is 0 Å². The summed E-state index contributed by atoms with van der Waals surface area (Å²) in [6.45, 7) is 0.530. The van der Waals surface area contributed by atoms with E-state index in [9.17, 15) is 9.59 Å². The van der Waals surface area contributed by atoms with E-state index >= 15 is 0 Å². The van der Waals surface area contributed by atoms with Gasteiger partial charge >= 0.3 is 0 Å². The molecule has 1 aromatic heterocycles. The lowest BCUT2D eigenvalue weighted by molar-refractivity contribution is -0.688. The molecule has 0 saturated carbocycles. The van der Waals surface area contributed by atoms with Crippen molar-refractivity contribution in [3.05, 3.63) is 65.5 Å². The largest absolute Gasteiger partial charge is 0.366 e. The summed E-state index contributed by atoms with van der Waals surface area (Å²) in [7, 11) is 0. The quantitative estimate of drug-likeness (QED) is 0.766. The maximum atomic E-state index is 11.1. The van der Waals surface area contributed by atoms with Gasteiger partial charge in [-0.3, -0.25) is 9.59 Å². The number of hydrogen-bond donors (Lipinski definition) is 2. The van der Waals surface area contributed by atoms with Crippen LogP contribution in [0.4, 0.5) is 0 Å². The van der Waals surface area contributed by atoms with Crippen LogP contribution in [0.3, 0.4) is 0 Å². The number of aromatic nitrogens is 1. The Morgan fingerprint density at radius 2 is 1.68 bits per heavy atom. The Morgan fingerprint density at radius 1 is 1.00 bits per heavy atom. The zero-order valence-electron chi connectivity index (χ0n) is 10.2. The van der Waals surface area contributed by atoms with E-state index < -0.39 is 11.8 Å². The molecule has 2 amide bonds. The minimum absolute atomic E-state index is 0.438. The van der Waals surface area contributed by atoms with Gasteiger partial charge in [0, 0.05) is 17.2 Å². The van der Waals surface area contributed by atoms with Crippen molar-refractivity contribution < 1.29 is 14.2 Å². The third-order valence-electron chi connectivity index (χ3n) is 2.72. The van der Waals surface area contributed by atoms with Crippen LogP contribution >= 0.6 is 0 Å². The molecule has 0 spiro atoms. The second kappa shape index (κ2) is 5.30. The van der Waals surface area contributed by atoms with Gasteiger partial charge in [0.25, 0.3) is 5.91 Å². The summed E-state index contributed by atoms with van der Waals surface area (Å²) >= 11 is 0. The lowest BCUT2D eigenvalue weighted by atomic mass is 10.1. The fourth-order valence-corrected chi connectivity index (χ4v) is 1.80. The maximum absolute atomic E-state index is 11.1. The number of amides is 2. The summed E-state index contributed by atoms with van der Waals surface area (Å²) in [5, 5.41) is 0. The molecule has 0 aliphatic heterocycles. The molecule has 4 N–H and O–H groups in total. The number of carbonyl (C=O) groups excluding carboxylic acids is 2.